The zero-order valence-electron chi connectivity index (χ0n) is 9.48. The summed E-state index contributed by atoms with van der Waals surface area (Å²) in [7, 11) is 0. The largest absolute Gasteiger partial charge is 0.479 e. The SMILES string of the molecule is O=C(O)CONC(=O)C1(c2ccc(Br)cc2)CC1. The Kier molecular flexibility index (Phi) is 3.68. The van der Waals surface area contributed by atoms with E-state index in [-0.39, 0.29) is 5.91 Å². The molecule has 1 amide bonds. The number of carbonyl (C=O) groups excluding carboxylic acids is 1. The van der Waals surface area contributed by atoms with E-state index in [1.54, 1.807) is 0 Å². The number of hydrogen-bond donors (Lipinski definition) is 2. The summed E-state index contributed by atoms with van der Waals surface area (Å²) >= 11 is 3.34. The third-order valence-corrected chi connectivity index (χ3v) is 3.47. The molecule has 6 heteroatoms. The van der Waals surface area contributed by atoms with Gasteiger partial charge in [-0.25, -0.2) is 10.3 Å². The standard InChI is InChI=1S/C12H12BrNO4/c13-9-3-1-8(2-4-9)12(5-6-12)11(17)14-18-7-10(15)16/h1-4H,5-7H2,(H,14,17)(H,15,16). The lowest BCUT2D eigenvalue weighted by atomic mass is 9.95. The van der Waals surface area contributed by atoms with Crippen molar-refractivity contribution in [3.05, 3.63) is 34.3 Å². The summed E-state index contributed by atoms with van der Waals surface area (Å²) in [5, 5.41) is 8.41. The third kappa shape index (κ3) is 2.70. The van der Waals surface area contributed by atoms with Gasteiger partial charge < -0.3 is 5.11 Å². The molecule has 0 atom stereocenters. The molecule has 2 rings (SSSR count). The van der Waals surface area contributed by atoms with E-state index in [9.17, 15) is 9.59 Å². The molecule has 0 aliphatic heterocycles. The minimum absolute atomic E-state index is 0.286. The molecule has 0 bridgehead atoms. The Balaban J connectivity index is 2.00. The second-order valence-corrected chi connectivity index (χ2v) is 5.12. The molecule has 0 spiro atoms. The quantitative estimate of drug-likeness (QED) is 0.810. The first kappa shape index (κ1) is 13.0. The van der Waals surface area contributed by atoms with Crippen molar-refractivity contribution in [3.63, 3.8) is 0 Å². The number of halogens is 1. The molecule has 0 saturated heterocycles. The van der Waals surface area contributed by atoms with Crippen LogP contribution in [0.4, 0.5) is 0 Å². The lowest BCUT2D eigenvalue weighted by molar-refractivity contribution is -0.150. The van der Waals surface area contributed by atoms with E-state index in [0.717, 1.165) is 22.9 Å². The smallest absolute Gasteiger partial charge is 0.332 e. The van der Waals surface area contributed by atoms with Crippen molar-refractivity contribution in [2.75, 3.05) is 6.61 Å². The van der Waals surface area contributed by atoms with Crippen LogP contribution in [0.15, 0.2) is 28.7 Å². The first-order chi connectivity index (χ1) is 8.54. The summed E-state index contributed by atoms with van der Waals surface area (Å²) < 4.78 is 0.949. The van der Waals surface area contributed by atoms with Gasteiger partial charge in [-0.05, 0) is 30.5 Å². The number of hydroxylamine groups is 1. The van der Waals surface area contributed by atoms with E-state index in [0.29, 0.717) is 0 Å². The Morgan fingerprint density at radius 1 is 1.33 bits per heavy atom. The van der Waals surface area contributed by atoms with Crippen molar-refractivity contribution in [1.82, 2.24) is 5.48 Å². The van der Waals surface area contributed by atoms with Gasteiger partial charge in [-0.15, -0.1) is 0 Å². The molecule has 1 saturated carbocycles. The summed E-state index contributed by atoms with van der Waals surface area (Å²) in [6, 6.07) is 7.52. The van der Waals surface area contributed by atoms with Crippen LogP contribution >= 0.6 is 15.9 Å². The van der Waals surface area contributed by atoms with E-state index in [1.165, 1.54) is 0 Å². The van der Waals surface area contributed by atoms with E-state index in [2.05, 4.69) is 26.2 Å². The Labute approximate surface area is 112 Å². The zero-order chi connectivity index (χ0) is 13.2. The number of nitrogens with one attached hydrogen (secondary N) is 1. The highest BCUT2D eigenvalue weighted by atomic mass is 79.9. The van der Waals surface area contributed by atoms with Crippen LogP contribution in [0.25, 0.3) is 0 Å². The summed E-state index contributed by atoms with van der Waals surface area (Å²) in [6.07, 6.45) is 1.49. The first-order valence-electron chi connectivity index (χ1n) is 5.45. The molecule has 0 aromatic heterocycles. The third-order valence-electron chi connectivity index (χ3n) is 2.94. The summed E-state index contributed by atoms with van der Waals surface area (Å²) in [5.41, 5.74) is 2.56. The highest BCUT2D eigenvalue weighted by molar-refractivity contribution is 9.10. The predicted molar refractivity (Wildman–Crippen MR) is 66.8 cm³/mol. The van der Waals surface area contributed by atoms with Crippen molar-refractivity contribution in [1.29, 1.82) is 0 Å². The number of hydrogen-bond acceptors (Lipinski definition) is 3. The molecule has 5 nitrogen and oxygen atoms in total. The van der Waals surface area contributed by atoms with Crippen LogP contribution in [0, 0.1) is 0 Å². The van der Waals surface area contributed by atoms with Crippen molar-refractivity contribution in [2.45, 2.75) is 18.3 Å². The number of aliphatic carboxylic acids is 1. The van der Waals surface area contributed by atoms with Crippen LogP contribution < -0.4 is 5.48 Å². The number of benzene rings is 1. The van der Waals surface area contributed by atoms with E-state index >= 15 is 0 Å². The number of carboxylic acid groups (broad SMARTS) is 1. The molecule has 1 aromatic rings. The van der Waals surface area contributed by atoms with Crippen LogP contribution in [0.1, 0.15) is 18.4 Å². The van der Waals surface area contributed by atoms with Crippen molar-refractivity contribution in [2.24, 2.45) is 0 Å². The maximum Gasteiger partial charge on any atom is 0.332 e. The fourth-order valence-electron chi connectivity index (χ4n) is 1.80. The highest BCUT2D eigenvalue weighted by Crippen LogP contribution is 2.48. The predicted octanol–water partition coefficient (Wildman–Crippen LogP) is 1.61. The van der Waals surface area contributed by atoms with Gasteiger partial charge in [0.2, 0.25) is 0 Å². The van der Waals surface area contributed by atoms with Crippen LogP contribution in [0.5, 0.6) is 0 Å². The number of carbonyl (C=O) groups is 2. The minimum Gasteiger partial charge on any atom is -0.479 e. The Morgan fingerprint density at radius 2 is 1.94 bits per heavy atom. The van der Waals surface area contributed by atoms with Gasteiger partial charge in [0.05, 0.1) is 5.41 Å². The molecule has 1 aliphatic rings. The molecule has 0 unspecified atom stereocenters. The summed E-state index contributed by atoms with van der Waals surface area (Å²) in [4.78, 5) is 26.8. The van der Waals surface area contributed by atoms with Gasteiger partial charge >= 0.3 is 5.97 Å². The number of carboxylic acids is 1. The van der Waals surface area contributed by atoms with Crippen LogP contribution in [-0.2, 0) is 19.8 Å². The van der Waals surface area contributed by atoms with Gasteiger partial charge in [0.25, 0.3) is 5.91 Å². The normalized spacial score (nSPS) is 16.1. The molecule has 0 heterocycles. The molecular weight excluding hydrogens is 302 g/mol. The maximum atomic E-state index is 12.0. The lowest BCUT2D eigenvalue weighted by Crippen LogP contribution is -2.35. The van der Waals surface area contributed by atoms with Crippen molar-refractivity contribution >= 4 is 27.8 Å². The fourth-order valence-corrected chi connectivity index (χ4v) is 2.07. The highest BCUT2D eigenvalue weighted by Gasteiger charge is 2.51. The van der Waals surface area contributed by atoms with Gasteiger partial charge in [-0.2, -0.15) is 0 Å². The molecule has 1 aliphatic carbocycles. The number of rotatable bonds is 5. The van der Waals surface area contributed by atoms with Crippen LogP contribution in [-0.4, -0.2) is 23.6 Å². The van der Waals surface area contributed by atoms with Gasteiger partial charge in [0.1, 0.15) is 0 Å². The van der Waals surface area contributed by atoms with Gasteiger partial charge in [0, 0.05) is 4.47 Å². The Morgan fingerprint density at radius 3 is 2.44 bits per heavy atom. The molecular formula is C12H12BrNO4. The van der Waals surface area contributed by atoms with Crippen LogP contribution in [0.2, 0.25) is 0 Å². The molecule has 2 N–H and O–H groups in total. The van der Waals surface area contributed by atoms with E-state index in [4.69, 9.17) is 5.11 Å². The Hall–Kier alpha value is -1.40. The van der Waals surface area contributed by atoms with E-state index < -0.39 is 18.0 Å². The van der Waals surface area contributed by atoms with Crippen LogP contribution in [0.3, 0.4) is 0 Å². The average Bonchev–Trinajstić information content (AvgIpc) is 3.10. The molecule has 1 aromatic carbocycles. The average molecular weight is 314 g/mol. The molecule has 1 fully saturated rings. The molecule has 18 heavy (non-hydrogen) atoms. The maximum absolute atomic E-state index is 12.0. The summed E-state index contributed by atoms with van der Waals surface area (Å²) in [6.45, 7) is -0.540. The zero-order valence-corrected chi connectivity index (χ0v) is 11.1. The second-order valence-electron chi connectivity index (χ2n) is 4.20. The minimum atomic E-state index is -1.12. The topological polar surface area (TPSA) is 75.6 Å². The molecule has 0 radical (unpaired) electrons. The molecule has 96 valence electrons. The van der Waals surface area contributed by atoms with Gasteiger partial charge in [-0.3, -0.25) is 9.63 Å². The van der Waals surface area contributed by atoms with Crippen molar-refractivity contribution < 1.29 is 19.5 Å². The van der Waals surface area contributed by atoms with Crippen molar-refractivity contribution in [3.8, 4) is 0 Å². The lowest BCUT2D eigenvalue weighted by Gasteiger charge is -2.15. The monoisotopic (exact) mass is 313 g/mol. The van der Waals surface area contributed by atoms with E-state index in [1.807, 2.05) is 24.3 Å². The Bertz CT molecular complexity index is 467. The fraction of sp³-hybridized carbons (Fsp3) is 0.333. The first-order valence-corrected chi connectivity index (χ1v) is 6.24. The summed E-state index contributed by atoms with van der Waals surface area (Å²) in [5.74, 6) is -1.41. The second kappa shape index (κ2) is 5.07. The number of amides is 1. The van der Waals surface area contributed by atoms with Gasteiger partial charge in [-0.1, -0.05) is 28.1 Å². The van der Waals surface area contributed by atoms with Gasteiger partial charge in [0.15, 0.2) is 6.61 Å².